The molecule has 0 saturated carbocycles. The van der Waals surface area contributed by atoms with E-state index in [9.17, 15) is 31.9 Å². The molecule has 0 fully saturated rings. The third kappa shape index (κ3) is 6.13. The van der Waals surface area contributed by atoms with Gasteiger partial charge in [-0.3, -0.25) is 4.79 Å². The summed E-state index contributed by atoms with van der Waals surface area (Å²) in [7, 11) is 0.857. The molecule has 0 amide bonds. The van der Waals surface area contributed by atoms with Gasteiger partial charge in [0.05, 0.1) is 58.8 Å². The molecule has 36 heavy (non-hydrogen) atoms. The minimum atomic E-state index is -5.27. The molecule has 0 aromatic heterocycles. The van der Waals surface area contributed by atoms with Gasteiger partial charge in [-0.15, -0.1) is 0 Å². The number of allylic oxidation sites excluding steroid dienone is 1. The molecule has 0 aliphatic carbocycles. The van der Waals surface area contributed by atoms with Crippen LogP contribution in [0.4, 0.5) is 22.0 Å². The largest absolute Gasteiger partial charge is 0.466 e. The fourth-order valence-electron chi connectivity index (χ4n) is 3.54. The van der Waals surface area contributed by atoms with Crippen LogP contribution >= 0.6 is 11.6 Å². The molecule has 1 aliphatic heterocycles. The number of nitrogens with two attached hydrogens (primary N) is 1. The number of rotatable bonds is 8. The van der Waals surface area contributed by atoms with Gasteiger partial charge in [-0.2, -0.15) is 13.2 Å². The Kier molecular flexibility index (Phi) is 9.44. The number of carbonyl (C=O) groups excluding carboxylic acids is 3. The van der Waals surface area contributed by atoms with E-state index in [4.69, 9.17) is 26.8 Å². The van der Waals surface area contributed by atoms with Gasteiger partial charge >= 0.3 is 24.1 Å². The number of carbonyl (C=O) groups is 3. The number of benzene rings is 1. The van der Waals surface area contributed by atoms with E-state index < -0.39 is 100 Å². The first kappa shape index (κ1) is 29.0. The van der Waals surface area contributed by atoms with Gasteiger partial charge in [0.2, 0.25) is 0 Å². The molecule has 0 radical (unpaired) electrons. The van der Waals surface area contributed by atoms with Crippen LogP contribution in [0.15, 0.2) is 34.7 Å². The summed E-state index contributed by atoms with van der Waals surface area (Å²) in [5, 5.41) is 1.42. The van der Waals surface area contributed by atoms with E-state index >= 15 is 4.39 Å². The number of esters is 3. The molecule has 1 heterocycles. The number of dihydropyridines is 1. The Morgan fingerprint density at radius 1 is 1.14 bits per heavy atom. The van der Waals surface area contributed by atoms with Gasteiger partial charge in [0.25, 0.3) is 0 Å². The normalized spacial score (nSPS) is 16.1. The fraction of sp³-hybridized carbons (Fsp3) is 0.409. The van der Waals surface area contributed by atoms with Gasteiger partial charge in [-0.1, -0.05) is 11.6 Å². The first-order valence-electron chi connectivity index (χ1n) is 10.3. The maximum Gasteiger partial charge on any atom is 0.418 e. The van der Waals surface area contributed by atoms with Crippen LogP contribution in [0.1, 0.15) is 30.9 Å². The highest BCUT2D eigenvalue weighted by molar-refractivity contribution is 6.31. The zero-order valence-electron chi connectivity index (χ0n) is 19.2. The average molecular weight is 541 g/mol. The maximum atomic E-state index is 15.2. The minimum Gasteiger partial charge on any atom is -0.466 e. The zero-order valence-corrected chi connectivity index (χ0v) is 20.0. The highest BCUT2D eigenvalue weighted by atomic mass is 35.5. The van der Waals surface area contributed by atoms with E-state index in [1.54, 1.807) is 0 Å². The van der Waals surface area contributed by atoms with Crippen LogP contribution < -0.4 is 11.1 Å². The summed E-state index contributed by atoms with van der Waals surface area (Å²) in [6.45, 7) is -0.0588. The quantitative estimate of drug-likeness (QED) is 0.293. The van der Waals surface area contributed by atoms with Crippen molar-refractivity contribution < 1.29 is 50.5 Å². The first-order valence-corrected chi connectivity index (χ1v) is 10.6. The van der Waals surface area contributed by atoms with E-state index in [0.29, 0.717) is 12.1 Å². The summed E-state index contributed by atoms with van der Waals surface area (Å²) in [4.78, 5) is 37.4. The molecule has 1 aromatic carbocycles. The number of hydrogen-bond donors (Lipinski definition) is 2. The third-order valence-electron chi connectivity index (χ3n) is 4.89. The van der Waals surface area contributed by atoms with Crippen molar-refractivity contribution in [1.29, 1.82) is 0 Å². The number of ether oxygens (including phenoxy) is 3. The summed E-state index contributed by atoms with van der Waals surface area (Å²) in [6.07, 6.45) is -6.09. The molecule has 1 atom stereocenters. The second-order valence-electron chi connectivity index (χ2n) is 7.60. The third-order valence-corrected chi connectivity index (χ3v) is 5.20. The van der Waals surface area contributed by atoms with Crippen molar-refractivity contribution in [1.82, 2.24) is 5.32 Å². The number of alkyl halides is 4. The predicted octanol–water partition coefficient (Wildman–Crippen LogP) is 3.29. The summed E-state index contributed by atoms with van der Waals surface area (Å²) in [5.74, 6) is -7.36. The standard InChI is InChI=1S/C22H22ClF5N2O6/c1-9(2)36-21(33)17-13(8-35-14(31)7-29)30-12(6-24)16(20(32)34-3)18(17)15-11(25)5-4-10(23)19(15)22(26,27)28/h4-5,9,18,30H,6-8,29H2,1-3H3. The lowest BCUT2D eigenvalue weighted by atomic mass is 9.78. The second kappa shape index (κ2) is 11.7. The van der Waals surface area contributed by atoms with E-state index in [-0.39, 0.29) is 0 Å². The lowest BCUT2D eigenvalue weighted by Crippen LogP contribution is -2.38. The molecule has 3 N–H and O–H groups in total. The van der Waals surface area contributed by atoms with Gasteiger partial charge in [0.15, 0.2) is 0 Å². The van der Waals surface area contributed by atoms with Crippen molar-refractivity contribution in [3.63, 3.8) is 0 Å². The van der Waals surface area contributed by atoms with Crippen LogP contribution in [0.3, 0.4) is 0 Å². The lowest BCUT2D eigenvalue weighted by molar-refractivity contribution is -0.145. The Morgan fingerprint density at radius 2 is 1.75 bits per heavy atom. The van der Waals surface area contributed by atoms with Gasteiger partial charge in [-0.25, -0.2) is 18.4 Å². The molecule has 0 spiro atoms. The molecule has 8 nitrogen and oxygen atoms in total. The van der Waals surface area contributed by atoms with Crippen molar-refractivity contribution in [3.8, 4) is 0 Å². The monoisotopic (exact) mass is 540 g/mol. The Labute approximate surface area is 207 Å². The van der Waals surface area contributed by atoms with Crippen molar-refractivity contribution in [2.75, 3.05) is 26.9 Å². The highest BCUT2D eigenvalue weighted by Crippen LogP contribution is 2.48. The minimum absolute atomic E-state index is 0.458. The van der Waals surface area contributed by atoms with Crippen LogP contribution in [0, 0.1) is 5.82 Å². The zero-order chi connectivity index (χ0) is 27.4. The number of methoxy groups -OCH3 is 1. The molecule has 1 aromatic rings. The van der Waals surface area contributed by atoms with Crippen molar-refractivity contribution in [2.45, 2.75) is 32.0 Å². The van der Waals surface area contributed by atoms with Crippen LogP contribution in [0.2, 0.25) is 5.02 Å². The lowest BCUT2D eigenvalue weighted by Gasteiger charge is -2.33. The molecule has 198 valence electrons. The summed E-state index contributed by atoms with van der Waals surface area (Å²) in [6, 6.07) is 1.24. The fourth-order valence-corrected chi connectivity index (χ4v) is 3.81. The van der Waals surface area contributed by atoms with Crippen molar-refractivity contribution in [3.05, 3.63) is 56.6 Å². The van der Waals surface area contributed by atoms with E-state index in [1.807, 2.05) is 0 Å². The molecular weight excluding hydrogens is 519 g/mol. The van der Waals surface area contributed by atoms with Crippen molar-refractivity contribution in [2.24, 2.45) is 5.73 Å². The Bertz CT molecular complexity index is 1120. The smallest absolute Gasteiger partial charge is 0.418 e. The van der Waals surface area contributed by atoms with Crippen LogP contribution in [-0.2, 0) is 34.8 Å². The van der Waals surface area contributed by atoms with Gasteiger partial charge in [-0.05, 0) is 26.0 Å². The topological polar surface area (TPSA) is 117 Å². The SMILES string of the molecule is COC(=O)C1=C(CF)NC(COC(=O)CN)=C(C(=O)OC(C)C)C1c1c(F)ccc(Cl)c1C(F)(F)F. The predicted molar refractivity (Wildman–Crippen MR) is 116 cm³/mol. The average Bonchev–Trinajstić information content (AvgIpc) is 2.80. The van der Waals surface area contributed by atoms with Gasteiger partial charge in [0, 0.05) is 5.56 Å². The molecule has 1 aliphatic rings. The Balaban J connectivity index is 3.02. The van der Waals surface area contributed by atoms with Crippen LogP contribution in [0.25, 0.3) is 0 Å². The summed E-state index contributed by atoms with van der Waals surface area (Å²) < 4.78 is 86.1. The van der Waals surface area contributed by atoms with E-state index in [0.717, 1.165) is 7.11 Å². The molecule has 0 bridgehead atoms. The Hall–Kier alpha value is -3.19. The molecule has 0 saturated heterocycles. The van der Waals surface area contributed by atoms with E-state index in [2.05, 4.69) is 10.1 Å². The number of nitrogens with one attached hydrogen (secondary N) is 1. The maximum absolute atomic E-state index is 15.2. The Morgan fingerprint density at radius 3 is 2.25 bits per heavy atom. The van der Waals surface area contributed by atoms with Gasteiger partial charge in [0.1, 0.15) is 19.1 Å². The highest BCUT2D eigenvalue weighted by Gasteiger charge is 2.47. The van der Waals surface area contributed by atoms with Crippen molar-refractivity contribution >= 4 is 29.5 Å². The second-order valence-corrected chi connectivity index (χ2v) is 8.01. The van der Waals surface area contributed by atoms with Crippen LogP contribution in [0.5, 0.6) is 0 Å². The number of hydrogen-bond acceptors (Lipinski definition) is 8. The molecular formula is C22H22ClF5N2O6. The van der Waals surface area contributed by atoms with E-state index in [1.165, 1.54) is 13.8 Å². The molecule has 1 unspecified atom stereocenters. The summed E-state index contributed by atoms with van der Waals surface area (Å²) >= 11 is 5.78. The number of halogens is 6. The molecule has 2 rings (SSSR count). The molecule has 14 heteroatoms. The van der Waals surface area contributed by atoms with Gasteiger partial charge < -0.3 is 25.3 Å². The van der Waals surface area contributed by atoms with Crippen LogP contribution in [-0.4, -0.2) is 50.9 Å². The summed E-state index contributed by atoms with van der Waals surface area (Å²) in [5.41, 5.74) is -0.473. The first-order chi connectivity index (χ1) is 16.8.